The van der Waals surface area contributed by atoms with Crippen LogP contribution in [-0.4, -0.2) is 14.2 Å². The van der Waals surface area contributed by atoms with Crippen molar-refractivity contribution in [1.29, 1.82) is 0 Å². The van der Waals surface area contributed by atoms with Crippen LogP contribution < -0.4 is 9.47 Å². The SMILES string of the molecule is COc1cc(/C=C/c2ccoc2)cc(OC)c1Br. The molecule has 0 bridgehead atoms. The van der Waals surface area contributed by atoms with Gasteiger partial charge in [0, 0.05) is 5.56 Å². The molecular weight excluding hydrogens is 296 g/mol. The molecule has 0 unspecified atom stereocenters. The van der Waals surface area contributed by atoms with Gasteiger partial charge in [-0.15, -0.1) is 0 Å². The van der Waals surface area contributed by atoms with E-state index in [9.17, 15) is 0 Å². The molecule has 0 saturated heterocycles. The molecule has 2 aromatic rings. The summed E-state index contributed by atoms with van der Waals surface area (Å²) < 4.78 is 16.4. The second kappa shape index (κ2) is 5.78. The average Bonchev–Trinajstić information content (AvgIpc) is 2.90. The zero-order chi connectivity index (χ0) is 13.0. The Kier molecular flexibility index (Phi) is 4.10. The quantitative estimate of drug-likeness (QED) is 0.847. The summed E-state index contributed by atoms with van der Waals surface area (Å²) in [5.41, 5.74) is 2.00. The Labute approximate surface area is 114 Å². The van der Waals surface area contributed by atoms with E-state index in [1.165, 1.54) is 0 Å². The Morgan fingerprint density at radius 2 is 1.67 bits per heavy atom. The molecular formula is C14H13BrO3. The third kappa shape index (κ3) is 2.76. The highest BCUT2D eigenvalue weighted by atomic mass is 79.9. The Morgan fingerprint density at radius 1 is 1.06 bits per heavy atom. The van der Waals surface area contributed by atoms with Gasteiger partial charge in [0.25, 0.3) is 0 Å². The first-order valence-corrected chi connectivity index (χ1v) is 6.15. The van der Waals surface area contributed by atoms with Crippen LogP contribution in [-0.2, 0) is 0 Å². The van der Waals surface area contributed by atoms with Crippen LogP contribution in [0.4, 0.5) is 0 Å². The van der Waals surface area contributed by atoms with Gasteiger partial charge in [0.05, 0.1) is 26.7 Å². The van der Waals surface area contributed by atoms with Crippen LogP contribution in [0.3, 0.4) is 0 Å². The number of ether oxygens (including phenoxy) is 2. The minimum absolute atomic E-state index is 0.737. The van der Waals surface area contributed by atoms with E-state index in [0.29, 0.717) is 0 Å². The molecule has 4 heteroatoms. The minimum atomic E-state index is 0.737. The van der Waals surface area contributed by atoms with Crippen molar-refractivity contribution in [3.63, 3.8) is 0 Å². The summed E-state index contributed by atoms with van der Waals surface area (Å²) in [5, 5.41) is 0. The van der Waals surface area contributed by atoms with Crippen LogP contribution in [0.1, 0.15) is 11.1 Å². The van der Waals surface area contributed by atoms with Crippen LogP contribution in [0, 0.1) is 0 Å². The fourth-order valence-electron chi connectivity index (χ4n) is 1.55. The molecule has 1 aromatic heterocycles. The number of methoxy groups -OCH3 is 2. The van der Waals surface area contributed by atoms with Crippen molar-refractivity contribution in [3.8, 4) is 11.5 Å². The van der Waals surface area contributed by atoms with Gasteiger partial charge in [-0.2, -0.15) is 0 Å². The van der Waals surface area contributed by atoms with Crippen LogP contribution in [0.2, 0.25) is 0 Å². The lowest BCUT2D eigenvalue weighted by Crippen LogP contribution is -1.90. The number of benzene rings is 1. The predicted octanol–water partition coefficient (Wildman–Crippen LogP) is 4.23. The van der Waals surface area contributed by atoms with E-state index in [1.54, 1.807) is 26.7 Å². The van der Waals surface area contributed by atoms with Gasteiger partial charge in [0.1, 0.15) is 16.0 Å². The second-order valence-corrected chi connectivity index (χ2v) is 4.42. The highest BCUT2D eigenvalue weighted by Crippen LogP contribution is 2.36. The van der Waals surface area contributed by atoms with Crippen LogP contribution >= 0.6 is 15.9 Å². The molecule has 0 spiro atoms. The fraction of sp³-hybridized carbons (Fsp3) is 0.143. The molecule has 0 atom stereocenters. The van der Waals surface area contributed by atoms with Crippen molar-refractivity contribution < 1.29 is 13.9 Å². The van der Waals surface area contributed by atoms with Crippen molar-refractivity contribution in [1.82, 2.24) is 0 Å². The molecule has 18 heavy (non-hydrogen) atoms. The van der Waals surface area contributed by atoms with Gasteiger partial charge in [-0.25, -0.2) is 0 Å². The highest BCUT2D eigenvalue weighted by Gasteiger charge is 2.08. The van der Waals surface area contributed by atoms with E-state index < -0.39 is 0 Å². The van der Waals surface area contributed by atoms with Gasteiger partial charge in [-0.1, -0.05) is 12.2 Å². The predicted molar refractivity (Wildman–Crippen MR) is 74.9 cm³/mol. The number of halogens is 1. The van der Waals surface area contributed by atoms with Crippen LogP contribution in [0.25, 0.3) is 12.2 Å². The van der Waals surface area contributed by atoms with E-state index in [4.69, 9.17) is 13.9 Å². The zero-order valence-corrected chi connectivity index (χ0v) is 11.7. The van der Waals surface area contributed by atoms with Crippen molar-refractivity contribution in [2.75, 3.05) is 14.2 Å². The lowest BCUT2D eigenvalue weighted by atomic mass is 10.1. The van der Waals surface area contributed by atoms with Crippen molar-refractivity contribution in [3.05, 3.63) is 46.3 Å². The monoisotopic (exact) mass is 308 g/mol. The largest absolute Gasteiger partial charge is 0.495 e. The molecule has 0 aliphatic rings. The topological polar surface area (TPSA) is 31.6 Å². The molecule has 0 aliphatic heterocycles. The van der Waals surface area contributed by atoms with E-state index in [0.717, 1.165) is 27.1 Å². The summed E-state index contributed by atoms with van der Waals surface area (Å²) in [6.07, 6.45) is 7.26. The minimum Gasteiger partial charge on any atom is -0.495 e. The normalized spacial score (nSPS) is 10.8. The first-order valence-electron chi connectivity index (χ1n) is 5.36. The molecule has 1 heterocycles. The van der Waals surface area contributed by atoms with Gasteiger partial charge < -0.3 is 13.9 Å². The summed E-state index contributed by atoms with van der Waals surface area (Å²) in [4.78, 5) is 0. The maximum Gasteiger partial charge on any atom is 0.137 e. The van der Waals surface area contributed by atoms with Crippen molar-refractivity contribution in [2.24, 2.45) is 0 Å². The zero-order valence-electron chi connectivity index (χ0n) is 10.1. The van der Waals surface area contributed by atoms with Gasteiger partial charge in [-0.05, 0) is 39.7 Å². The molecule has 1 aromatic carbocycles. The second-order valence-electron chi connectivity index (χ2n) is 3.63. The molecule has 0 aliphatic carbocycles. The van der Waals surface area contributed by atoms with E-state index in [2.05, 4.69) is 15.9 Å². The molecule has 2 rings (SSSR count). The third-order valence-electron chi connectivity index (χ3n) is 2.48. The fourth-order valence-corrected chi connectivity index (χ4v) is 2.10. The van der Waals surface area contributed by atoms with Gasteiger partial charge in [-0.3, -0.25) is 0 Å². The summed E-state index contributed by atoms with van der Waals surface area (Å²) in [6.45, 7) is 0. The van der Waals surface area contributed by atoms with Gasteiger partial charge in [0.15, 0.2) is 0 Å². The Bertz CT molecular complexity index is 519. The Morgan fingerprint density at radius 3 is 2.17 bits per heavy atom. The lowest BCUT2D eigenvalue weighted by Gasteiger charge is -2.09. The third-order valence-corrected chi connectivity index (χ3v) is 3.26. The molecule has 0 saturated carbocycles. The first kappa shape index (κ1) is 12.8. The maximum absolute atomic E-state index is 5.29. The van der Waals surface area contributed by atoms with Crippen molar-refractivity contribution >= 4 is 28.1 Å². The molecule has 0 radical (unpaired) electrons. The van der Waals surface area contributed by atoms with E-state index >= 15 is 0 Å². The standard InChI is InChI=1S/C14H13BrO3/c1-16-12-7-11(8-13(17-2)14(12)15)4-3-10-5-6-18-9-10/h3-9H,1-2H3/b4-3+. The number of furan rings is 1. The van der Waals surface area contributed by atoms with Gasteiger partial charge >= 0.3 is 0 Å². The molecule has 0 fully saturated rings. The molecule has 0 amide bonds. The summed E-state index contributed by atoms with van der Waals surface area (Å²) in [5.74, 6) is 1.47. The van der Waals surface area contributed by atoms with Gasteiger partial charge in [0.2, 0.25) is 0 Å². The Hall–Kier alpha value is -1.68. The molecule has 0 N–H and O–H groups in total. The summed E-state index contributed by atoms with van der Waals surface area (Å²) in [7, 11) is 3.26. The van der Waals surface area contributed by atoms with Crippen LogP contribution in [0.15, 0.2) is 39.6 Å². The molecule has 3 nitrogen and oxygen atoms in total. The number of hydrogen-bond donors (Lipinski definition) is 0. The first-order chi connectivity index (χ1) is 8.74. The summed E-state index contributed by atoms with van der Waals surface area (Å²) >= 11 is 3.44. The number of rotatable bonds is 4. The van der Waals surface area contributed by atoms with Crippen LogP contribution in [0.5, 0.6) is 11.5 Å². The maximum atomic E-state index is 5.29. The van der Waals surface area contributed by atoms with E-state index in [1.807, 2.05) is 30.4 Å². The molecule has 94 valence electrons. The van der Waals surface area contributed by atoms with E-state index in [-0.39, 0.29) is 0 Å². The Balaban J connectivity index is 2.33. The smallest absolute Gasteiger partial charge is 0.137 e. The summed E-state index contributed by atoms with van der Waals surface area (Å²) in [6, 6.07) is 5.76. The highest BCUT2D eigenvalue weighted by molar-refractivity contribution is 9.10. The average molecular weight is 309 g/mol. The number of hydrogen-bond acceptors (Lipinski definition) is 3. The lowest BCUT2D eigenvalue weighted by molar-refractivity contribution is 0.389. The van der Waals surface area contributed by atoms with Crippen molar-refractivity contribution in [2.45, 2.75) is 0 Å².